The number of carbonyl (C=O) groups excluding carboxylic acids is 2. The molecule has 0 saturated carbocycles. The summed E-state index contributed by atoms with van der Waals surface area (Å²) in [7, 11) is 0. The number of hydrogen-bond acceptors (Lipinski definition) is 7. The molecule has 3 N–H and O–H groups in total. The molecule has 0 radical (unpaired) electrons. The van der Waals surface area contributed by atoms with E-state index in [1.54, 1.807) is 12.1 Å². The summed E-state index contributed by atoms with van der Waals surface area (Å²) in [6.45, 7) is 3.38. The van der Waals surface area contributed by atoms with Crippen LogP contribution in [0.4, 0.5) is 21.6 Å². The van der Waals surface area contributed by atoms with Crippen molar-refractivity contribution in [2.45, 2.75) is 13.8 Å². The van der Waals surface area contributed by atoms with Gasteiger partial charge in [0, 0.05) is 29.2 Å². The average Bonchev–Trinajstić information content (AvgIpc) is 3.35. The topological polar surface area (TPSA) is 96.0 Å². The van der Waals surface area contributed by atoms with Gasteiger partial charge >= 0.3 is 0 Å². The Balaban J connectivity index is 1.45. The van der Waals surface area contributed by atoms with Crippen LogP contribution in [0.25, 0.3) is 10.6 Å². The fraction of sp³-hybridized carbons (Fsp3) is 0.0909. The predicted octanol–water partition coefficient (Wildman–Crippen LogP) is 5.53. The molecule has 0 aliphatic heterocycles. The van der Waals surface area contributed by atoms with Crippen LogP contribution in [-0.2, 0) is 4.79 Å². The van der Waals surface area contributed by atoms with E-state index >= 15 is 0 Å². The molecule has 2 amide bonds. The van der Waals surface area contributed by atoms with Gasteiger partial charge in [-0.3, -0.25) is 14.9 Å². The summed E-state index contributed by atoms with van der Waals surface area (Å²) in [5.74, 6) is -0.297. The number of amides is 2. The van der Waals surface area contributed by atoms with Crippen LogP contribution in [0.15, 0.2) is 60.0 Å². The fourth-order valence-electron chi connectivity index (χ4n) is 2.85. The van der Waals surface area contributed by atoms with E-state index in [0.717, 1.165) is 32.8 Å². The van der Waals surface area contributed by atoms with Crippen molar-refractivity contribution in [3.63, 3.8) is 0 Å². The molecule has 9 heteroatoms. The quantitative estimate of drug-likeness (QED) is 0.360. The van der Waals surface area contributed by atoms with E-state index in [9.17, 15) is 9.59 Å². The van der Waals surface area contributed by atoms with Crippen molar-refractivity contribution in [3.8, 4) is 10.6 Å². The first kappa shape index (κ1) is 20.7. The van der Waals surface area contributed by atoms with Crippen molar-refractivity contribution in [2.75, 3.05) is 16.0 Å². The minimum Gasteiger partial charge on any atom is -0.332 e. The van der Waals surface area contributed by atoms with Crippen molar-refractivity contribution in [2.24, 2.45) is 0 Å². The number of benzene rings is 2. The molecule has 0 saturated heterocycles. The second-order valence-corrected chi connectivity index (χ2v) is 8.53. The molecule has 0 atom stereocenters. The van der Waals surface area contributed by atoms with E-state index in [2.05, 4.69) is 25.9 Å². The normalized spacial score (nSPS) is 10.5. The van der Waals surface area contributed by atoms with Crippen LogP contribution in [0, 0.1) is 6.92 Å². The van der Waals surface area contributed by atoms with Crippen LogP contribution >= 0.6 is 22.7 Å². The Hall–Kier alpha value is -3.56. The molecule has 31 heavy (non-hydrogen) atoms. The van der Waals surface area contributed by atoms with Crippen molar-refractivity contribution < 1.29 is 9.59 Å². The molecule has 4 rings (SSSR count). The van der Waals surface area contributed by atoms with Gasteiger partial charge in [0.2, 0.25) is 5.91 Å². The lowest BCUT2D eigenvalue weighted by molar-refractivity contribution is -0.114. The molecule has 0 unspecified atom stereocenters. The molecule has 7 nitrogen and oxygen atoms in total. The molecule has 4 aromatic rings. The maximum Gasteiger partial charge on any atom is 0.257 e. The van der Waals surface area contributed by atoms with Gasteiger partial charge in [0.25, 0.3) is 5.91 Å². The van der Waals surface area contributed by atoms with E-state index in [-0.39, 0.29) is 11.8 Å². The Morgan fingerprint density at radius 3 is 2.29 bits per heavy atom. The third kappa shape index (κ3) is 5.14. The maximum absolute atomic E-state index is 12.4. The van der Waals surface area contributed by atoms with E-state index < -0.39 is 0 Å². The number of nitrogens with one attached hydrogen (secondary N) is 3. The third-order valence-corrected chi connectivity index (χ3v) is 6.10. The second kappa shape index (κ2) is 9.07. The number of aromatic nitrogens is 2. The van der Waals surface area contributed by atoms with Gasteiger partial charge in [0.05, 0.1) is 16.3 Å². The Morgan fingerprint density at radius 1 is 0.871 bits per heavy atom. The fourth-order valence-corrected chi connectivity index (χ4v) is 4.56. The number of rotatable bonds is 6. The van der Waals surface area contributed by atoms with Crippen LogP contribution in [-0.4, -0.2) is 21.8 Å². The van der Waals surface area contributed by atoms with E-state index in [1.165, 1.54) is 29.6 Å². The maximum atomic E-state index is 12.4. The zero-order valence-corrected chi connectivity index (χ0v) is 18.4. The molecular formula is C22H19N5O2S2. The van der Waals surface area contributed by atoms with E-state index in [4.69, 9.17) is 0 Å². The SMILES string of the molecule is CC(=O)Nc1ccc(Nc2nc(-c3sc(NC(=O)c4ccccc4)nc3C)cs2)cc1. The molecule has 156 valence electrons. The van der Waals surface area contributed by atoms with Crippen molar-refractivity contribution in [3.05, 3.63) is 71.2 Å². The van der Waals surface area contributed by atoms with Crippen LogP contribution in [0.2, 0.25) is 0 Å². The molecule has 0 aliphatic rings. The number of aryl methyl sites for hydroxylation is 1. The molecule has 2 aromatic carbocycles. The highest BCUT2D eigenvalue weighted by Crippen LogP contribution is 2.35. The highest BCUT2D eigenvalue weighted by atomic mass is 32.1. The van der Waals surface area contributed by atoms with Gasteiger partial charge in [-0.25, -0.2) is 9.97 Å². The first-order chi connectivity index (χ1) is 15.0. The standard InChI is InChI=1S/C22H19N5O2S2/c1-13-19(31-22(23-13)27-20(29)15-6-4-3-5-7-15)18-12-30-21(26-18)25-17-10-8-16(9-11-17)24-14(2)28/h3-12H,1-2H3,(H,24,28)(H,25,26)(H,23,27,29). The highest BCUT2D eigenvalue weighted by Gasteiger charge is 2.15. The number of anilines is 4. The highest BCUT2D eigenvalue weighted by molar-refractivity contribution is 7.20. The zero-order chi connectivity index (χ0) is 21.8. The minimum atomic E-state index is -0.191. The van der Waals surface area contributed by atoms with Crippen molar-refractivity contribution in [1.82, 2.24) is 9.97 Å². The number of carbonyl (C=O) groups is 2. The third-order valence-electron chi connectivity index (χ3n) is 4.25. The summed E-state index contributed by atoms with van der Waals surface area (Å²) in [4.78, 5) is 33.5. The molecule has 2 aromatic heterocycles. The Kier molecular flexibility index (Phi) is 6.06. The first-order valence-corrected chi connectivity index (χ1v) is 11.1. The van der Waals surface area contributed by atoms with E-state index in [1.807, 2.05) is 54.8 Å². The summed E-state index contributed by atoms with van der Waals surface area (Å²) in [5.41, 5.74) is 3.80. The molecule has 0 spiro atoms. The van der Waals surface area contributed by atoms with Crippen molar-refractivity contribution in [1.29, 1.82) is 0 Å². The van der Waals surface area contributed by atoms with Gasteiger partial charge in [-0.1, -0.05) is 29.5 Å². The lowest BCUT2D eigenvalue weighted by Crippen LogP contribution is -2.11. The molecule has 0 fully saturated rings. The summed E-state index contributed by atoms with van der Waals surface area (Å²) in [5, 5.41) is 12.1. The lowest BCUT2D eigenvalue weighted by atomic mass is 10.2. The Morgan fingerprint density at radius 2 is 1.58 bits per heavy atom. The van der Waals surface area contributed by atoms with Gasteiger partial charge in [-0.05, 0) is 43.3 Å². The lowest BCUT2D eigenvalue weighted by Gasteiger charge is -2.05. The number of nitrogens with zero attached hydrogens (tertiary/aromatic N) is 2. The molecule has 2 heterocycles. The largest absolute Gasteiger partial charge is 0.332 e. The smallest absolute Gasteiger partial charge is 0.257 e. The summed E-state index contributed by atoms with van der Waals surface area (Å²) < 4.78 is 0. The van der Waals surface area contributed by atoms with Crippen LogP contribution < -0.4 is 16.0 Å². The number of hydrogen-bond donors (Lipinski definition) is 3. The number of thiazole rings is 2. The van der Waals surface area contributed by atoms with Crippen LogP contribution in [0.5, 0.6) is 0 Å². The predicted molar refractivity (Wildman–Crippen MR) is 126 cm³/mol. The van der Waals surface area contributed by atoms with Gasteiger partial charge in [0.1, 0.15) is 0 Å². The summed E-state index contributed by atoms with van der Waals surface area (Å²) >= 11 is 2.88. The molecule has 0 aliphatic carbocycles. The molecular weight excluding hydrogens is 430 g/mol. The minimum absolute atomic E-state index is 0.107. The van der Waals surface area contributed by atoms with E-state index in [0.29, 0.717) is 10.7 Å². The monoisotopic (exact) mass is 449 g/mol. The molecule has 0 bridgehead atoms. The van der Waals surface area contributed by atoms with Gasteiger partial charge < -0.3 is 10.6 Å². The van der Waals surface area contributed by atoms with Crippen molar-refractivity contribution >= 4 is 56.1 Å². The van der Waals surface area contributed by atoms with Gasteiger partial charge in [0.15, 0.2) is 10.3 Å². The van der Waals surface area contributed by atoms with Crippen LogP contribution in [0.3, 0.4) is 0 Å². The summed E-state index contributed by atoms with van der Waals surface area (Å²) in [6.07, 6.45) is 0. The second-order valence-electron chi connectivity index (χ2n) is 6.68. The Labute approximate surface area is 187 Å². The summed E-state index contributed by atoms with van der Waals surface area (Å²) in [6, 6.07) is 16.4. The zero-order valence-electron chi connectivity index (χ0n) is 16.8. The van der Waals surface area contributed by atoms with Crippen LogP contribution in [0.1, 0.15) is 23.0 Å². The van der Waals surface area contributed by atoms with Gasteiger partial charge in [-0.15, -0.1) is 11.3 Å². The van der Waals surface area contributed by atoms with Gasteiger partial charge in [-0.2, -0.15) is 0 Å². The average molecular weight is 450 g/mol. The first-order valence-electron chi connectivity index (χ1n) is 9.42. The Bertz CT molecular complexity index is 1220.